The number of sulfonamides is 1. The quantitative estimate of drug-likeness (QED) is 0.168. The first kappa shape index (κ1) is 34.0. The third-order valence-electron chi connectivity index (χ3n) is 7.38. The van der Waals surface area contributed by atoms with Gasteiger partial charge in [0.05, 0.1) is 20.6 Å². The second kappa shape index (κ2) is 15.4. The van der Waals surface area contributed by atoms with Gasteiger partial charge in [0.15, 0.2) is 0 Å². The van der Waals surface area contributed by atoms with Crippen LogP contribution < -0.4 is 9.62 Å². The van der Waals surface area contributed by atoms with Crippen molar-refractivity contribution >= 4 is 50.7 Å². The smallest absolute Gasteiger partial charge is 0.264 e. The van der Waals surface area contributed by atoms with Gasteiger partial charge in [-0.05, 0) is 49.2 Å². The Hall–Kier alpha value is -3.92. The predicted molar refractivity (Wildman–Crippen MR) is 176 cm³/mol. The molecule has 0 aliphatic rings. The van der Waals surface area contributed by atoms with Crippen LogP contribution in [0.4, 0.5) is 10.1 Å². The molecular weight excluding hydrogens is 636 g/mol. The molecule has 4 aromatic carbocycles. The summed E-state index contributed by atoms with van der Waals surface area (Å²) in [5.74, 6) is -1.76. The van der Waals surface area contributed by atoms with Gasteiger partial charge in [0.1, 0.15) is 18.4 Å². The summed E-state index contributed by atoms with van der Waals surface area (Å²) in [6.45, 7) is 2.73. The van der Waals surface area contributed by atoms with Crippen LogP contribution in [0.5, 0.6) is 0 Å². The van der Waals surface area contributed by atoms with Gasteiger partial charge in [0, 0.05) is 24.6 Å². The molecule has 0 unspecified atom stereocenters. The highest BCUT2D eigenvalue weighted by Crippen LogP contribution is 2.35. The first-order chi connectivity index (χ1) is 21.5. The Morgan fingerprint density at radius 1 is 0.867 bits per heavy atom. The fourth-order valence-electron chi connectivity index (χ4n) is 4.72. The minimum absolute atomic E-state index is 0.0177. The predicted octanol–water partition coefficient (Wildman–Crippen LogP) is 6.88. The maximum atomic E-state index is 15.0. The Morgan fingerprint density at radius 3 is 2.13 bits per heavy atom. The third-order valence-corrected chi connectivity index (χ3v) is 9.96. The molecule has 0 aromatic heterocycles. The lowest BCUT2D eigenvalue weighted by Gasteiger charge is -2.34. The van der Waals surface area contributed by atoms with Crippen molar-refractivity contribution in [1.29, 1.82) is 0 Å². The van der Waals surface area contributed by atoms with Crippen LogP contribution in [0.2, 0.25) is 10.0 Å². The van der Waals surface area contributed by atoms with Gasteiger partial charge in [0.2, 0.25) is 11.8 Å². The standard InChI is InChI=1S/C34H34Cl2FN3O4S/c1-3-24(2)38-34(42)31(21-25-13-6-4-7-14-25)39(22-26-15-10-11-19-29(26)37)32(41)23-40(30-20-12-18-28(35)33(30)36)45(43,44)27-16-8-5-9-17-27/h4-20,24,31H,3,21-23H2,1-2H3,(H,38,42)/t24-,31+/m1/s1. The Bertz CT molecular complexity index is 1730. The van der Waals surface area contributed by atoms with E-state index in [1.165, 1.54) is 53.4 Å². The van der Waals surface area contributed by atoms with E-state index in [9.17, 15) is 18.0 Å². The van der Waals surface area contributed by atoms with Crippen LogP contribution >= 0.6 is 23.2 Å². The van der Waals surface area contributed by atoms with Gasteiger partial charge in [-0.15, -0.1) is 0 Å². The summed E-state index contributed by atoms with van der Waals surface area (Å²) in [6, 6.07) is 25.8. The van der Waals surface area contributed by atoms with E-state index in [0.717, 1.165) is 9.87 Å². The van der Waals surface area contributed by atoms with Crippen molar-refractivity contribution in [3.63, 3.8) is 0 Å². The van der Waals surface area contributed by atoms with E-state index < -0.39 is 40.2 Å². The highest BCUT2D eigenvalue weighted by atomic mass is 35.5. The molecule has 0 saturated carbocycles. The molecule has 0 fully saturated rings. The van der Waals surface area contributed by atoms with Gasteiger partial charge in [-0.1, -0.05) is 103 Å². The van der Waals surface area contributed by atoms with Crippen molar-refractivity contribution < 1.29 is 22.4 Å². The number of nitrogens with zero attached hydrogens (tertiary/aromatic N) is 2. The summed E-state index contributed by atoms with van der Waals surface area (Å²) in [6.07, 6.45) is 0.744. The topological polar surface area (TPSA) is 86.8 Å². The van der Waals surface area contributed by atoms with E-state index in [1.807, 2.05) is 44.2 Å². The van der Waals surface area contributed by atoms with Gasteiger partial charge < -0.3 is 10.2 Å². The maximum absolute atomic E-state index is 15.0. The van der Waals surface area contributed by atoms with Crippen molar-refractivity contribution in [2.45, 2.75) is 50.2 Å². The maximum Gasteiger partial charge on any atom is 0.264 e. The molecular formula is C34H34Cl2FN3O4S. The highest BCUT2D eigenvalue weighted by Gasteiger charge is 2.36. The number of hydrogen-bond donors (Lipinski definition) is 1. The number of carbonyl (C=O) groups is 2. The van der Waals surface area contributed by atoms with E-state index in [0.29, 0.717) is 6.42 Å². The summed E-state index contributed by atoms with van der Waals surface area (Å²) < 4.78 is 44.0. The van der Waals surface area contributed by atoms with Gasteiger partial charge in [-0.3, -0.25) is 13.9 Å². The van der Waals surface area contributed by atoms with E-state index in [2.05, 4.69) is 5.32 Å². The van der Waals surface area contributed by atoms with E-state index in [-0.39, 0.29) is 45.2 Å². The number of hydrogen-bond acceptors (Lipinski definition) is 4. The minimum atomic E-state index is -4.36. The highest BCUT2D eigenvalue weighted by molar-refractivity contribution is 7.92. The lowest BCUT2D eigenvalue weighted by atomic mass is 10.0. The van der Waals surface area contributed by atoms with Crippen LogP contribution in [-0.2, 0) is 32.6 Å². The monoisotopic (exact) mass is 669 g/mol. The Kier molecular flexibility index (Phi) is 11.6. The number of rotatable bonds is 13. The van der Waals surface area contributed by atoms with Gasteiger partial charge in [-0.25, -0.2) is 12.8 Å². The van der Waals surface area contributed by atoms with Crippen LogP contribution in [0.25, 0.3) is 0 Å². The summed E-state index contributed by atoms with van der Waals surface area (Å²) >= 11 is 12.8. The zero-order chi connectivity index (χ0) is 32.6. The molecule has 45 heavy (non-hydrogen) atoms. The van der Waals surface area contributed by atoms with Gasteiger partial charge in [-0.2, -0.15) is 0 Å². The molecule has 2 atom stereocenters. The van der Waals surface area contributed by atoms with E-state index in [4.69, 9.17) is 23.2 Å². The van der Waals surface area contributed by atoms with Crippen LogP contribution in [-0.4, -0.2) is 43.8 Å². The van der Waals surface area contributed by atoms with Crippen LogP contribution in [0.15, 0.2) is 108 Å². The lowest BCUT2D eigenvalue weighted by molar-refractivity contribution is -0.140. The van der Waals surface area contributed by atoms with E-state index >= 15 is 4.39 Å². The molecule has 0 heterocycles. The molecule has 0 bridgehead atoms. The second-order valence-corrected chi connectivity index (χ2v) is 13.2. The Morgan fingerprint density at radius 2 is 1.49 bits per heavy atom. The number of amides is 2. The van der Waals surface area contributed by atoms with Crippen LogP contribution in [0.3, 0.4) is 0 Å². The van der Waals surface area contributed by atoms with Crippen molar-refractivity contribution in [1.82, 2.24) is 10.2 Å². The second-order valence-electron chi connectivity index (χ2n) is 10.5. The van der Waals surface area contributed by atoms with Crippen LogP contribution in [0, 0.1) is 5.82 Å². The van der Waals surface area contributed by atoms with Crippen molar-refractivity contribution in [3.8, 4) is 0 Å². The molecule has 236 valence electrons. The molecule has 4 aromatic rings. The number of halogens is 3. The first-order valence-corrected chi connectivity index (χ1v) is 16.6. The lowest BCUT2D eigenvalue weighted by Crippen LogP contribution is -2.54. The van der Waals surface area contributed by atoms with Gasteiger partial charge >= 0.3 is 0 Å². The minimum Gasteiger partial charge on any atom is -0.352 e. The molecule has 0 spiro atoms. The van der Waals surface area contributed by atoms with Crippen LogP contribution in [0.1, 0.15) is 31.4 Å². The number of carbonyl (C=O) groups excluding carboxylic acids is 2. The summed E-state index contributed by atoms with van der Waals surface area (Å²) in [5, 5.41) is 2.97. The van der Waals surface area contributed by atoms with Gasteiger partial charge in [0.25, 0.3) is 10.0 Å². The van der Waals surface area contributed by atoms with Crippen molar-refractivity contribution in [2.75, 3.05) is 10.8 Å². The Labute approximate surface area is 273 Å². The first-order valence-electron chi connectivity index (χ1n) is 14.4. The number of nitrogens with one attached hydrogen (secondary N) is 1. The zero-order valence-electron chi connectivity index (χ0n) is 24.9. The molecule has 11 heteroatoms. The van der Waals surface area contributed by atoms with Crippen molar-refractivity contribution in [3.05, 3.63) is 130 Å². The molecule has 0 aliphatic heterocycles. The zero-order valence-corrected chi connectivity index (χ0v) is 27.2. The average molecular weight is 671 g/mol. The molecule has 0 radical (unpaired) electrons. The summed E-state index contributed by atoms with van der Waals surface area (Å²) in [4.78, 5) is 29.4. The fraction of sp³-hybridized carbons (Fsp3) is 0.235. The Balaban J connectivity index is 1.84. The molecule has 4 rings (SSSR count). The molecule has 0 saturated heterocycles. The molecule has 7 nitrogen and oxygen atoms in total. The fourth-order valence-corrected chi connectivity index (χ4v) is 6.62. The molecule has 2 amide bonds. The molecule has 1 N–H and O–H groups in total. The largest absolute Gasteiger partial charge is 0.352 e. The van der Waals surface area contributed by atoms with E-state index in [1.54, 1.807) is 24.3 Å². The normalized spacial score (nSPS) is 12.6. The summed E-state index contributed by atoms with van der Waals surface area (Å²) in [7, 11) is -4.36. The third kappa shape index (κ3) is 8.42. The molecule has 0 aliphatic carbocycles. The number of benzene rings is 4. The number of anilines is 1. The SMILES string of the molecule is CC[C@@H](C)NC(=O)[C@H](Cc1ccccc1)N(Cc1ccccc1F)C(=O)CN(c1cccc(Cl)c1Cl)S(=O)(=O)c1ccccc1. The average Bonchev–Trinajstić information content (AvgIpc) is 3.04. The summed E-state index contributed by atoms with van der Waals surface area (Å²) in [5.41, 5.74) is 0.911. The van der Waals surface area contributed by atoms with Crippen molar-refractivity contribution in [2.24, 2.45) is 0 Å².